The van der Waals surface area contributed by atoms with Crippen LogP contribution < -0.4 is 21.5 Å². The highest BCUT2D eigenvalue weighted by Crippen LogP contribution is 2.24. The maximum atomic E-state index is 13.1. The van der Waals surface area contributed by atoms with Gasteiger partial charge in [-0.1, -0.05) is 6.07 Å². The first-order valence-corrected chi connectivity index (χ1v) is 11.4. The summed E-state index contributed by atoms with van der Waals surface area (Å²) in [4.78, 5) is 35.0. The Kier molecular flexibility index (Phi) is 6.15. The molecule has 1 amide bonds. The normalized spacial score (nSPS) is 17.4. The number of hydrogen-bond acceptors (Lipinski definition) is 8. The zero-order valence-corrected chi connectivity index (χ0v) is 19.4. The summed E-state index contributed by atoms with van der Waals surface area (Å²) in [7, 11) is 3.44. The molecule has 2 atom stereocenters. The van der Waals surface area contributed by atoms with E-state index in [4.69, 9.17) is 4.74 Å². The number of carbonyl (C=O) groups excluding carboxylic acids is 1. The lowest BCUT2D eigenvalue weighted by Crippen LogP contribution is -2.33. The van der Waals surface area contributed by atoms with Crippen LogP contribution in [-0.4, -0.2) is 56.4 Å². The summed E-state index contributed by atoms with van der Waals surface area (Å²) in [5, 5.41) is 13.6. The lowest BCUT2D eigenvalue weighted by atomic mass is 10.2. The Morgan fingerprint density at radius 1 is 1.20 bits per heavy atom. The van der Waals surface area contributed by atoms with Crippen LogP contribution in [0.1, 0.15) is 29.6 Å². The van der Waals surface area contributed by atoms with E-state index in [9.17, 15) is 9.59 Å². The molecular weight excluding hydrogens is 448 g/mol. The summed E-state index contributed by atoms with van der Waals surface area (Å²) >= 11 is 0. The fraction of sp³-hybridized carbons (Fsp3) is 0.292. The standard InChI is InChI=1S/C24H26N8O3/c1-25-21-13-19(29-18-6-5-11-31(24(18)34)20-7-3-4-10-26-20)30-22-17(14-27-32(21)22)23(33)28-15-8-9-16(12-15)35-2/h3-7,10-11,13-16,25H,8-9,12H2,1-2H3,(H,28,33)(H,29,30)/t15-,16-/m0/s1. The molecule has 3 N–H and O–H groups in total. The van der Waals surface area contributed by atoms with Gasteiger partial charge < -0.3 is 20.7 Å². The van der Waals surface area contributed by atoms with E-state index in [0.717, 1.165) is 19.3 Å². The van der Waals surface area contributed by atoms with Gasteiger partial charge in [-0.3, -0.25) is 14.2 Å². The van der Waals surface area contributed by atoms with Gasteiger partial charge in [0.25, 0.3) is 11.5 Å². The molecule has 1 aliphatic rings. The lowest BCUT2D eigenvalue weighted by Gasteiger charge is -2.13. The first-order valence-electron chi connectivity index (χ1n) is 11.4. The zero-order valence-electron chi connectivity index (χ0n) is 19.4. The molecule has 11 heteroatoms. The van der Waals surface area contributed by atoms with Gasteiger partial charge in [-0.2, -0.15) is 9.61 Å². The molecule has 4 aromatic heterocycles. The SMILES string of the molecule is CNc1cc(Nc2cccn(-c3ccccn3)c2=O)nc2c(C(=O)N[C@H]3CC[C@H](OC)C3)cnn12. The highest BCUT2D eigenvalue weighted by atomic mass is 16.5. The Morgan fingerprint density at radius 3 is 2.83 bits per heavy atom. The molecule has 35 heavy (non-hydrogen) atoms. The predicted molar refractivity (Wildman–Crippen MR) is 132 cm³/mol. The molecule has 1 fully saturated rings. The number of pyridine rings is 2. The summed E-state index contributed by atoms with van der Waals surface area (Å²) in [6, 6.07) is 10.5. The highest BCUT2D eigenvalue weighted by Gasteiger charge is 2.27. The quantitative estimate of drug-likeness (QED) is 0.373. The summed E-state index contributed by atoms with van der Waals surface area (Å²) in [6.07, 6.45) is 7.50. The van der Waals surface area contributed by atoms with E-state index in [2.05, 4.69) is 31.0 Å². The summed E-state index contributed by atoms with van der Waals surface area (Å²) in [5.41, 5.74) is 0.766. The predicted octanol–water partition coefficient (Wildman–Crippen LogP) is 2.36. The van der Waals surface area contributed by atoms with Crippen LogP contribution in [0.15, 0.2) is 59.8 Å². The largest absolute Gasteiger partial charge is 0.381 e. The number of ether oxygens (including phenoxy) is 1. The molecule has 0 saturated heterocycles. The molecule has 0 spiro atoms. The second-order valence-corrected chi connectivity index (χ2v) is 8.32. The van der Waals surface area contributed by atoms with Crippen molar-refractivity contribution in [2.24, 2.45) is 0 Å². The summed E-state index contributed by atoms with van der Waals surface area (Å²) in [5.74, 6) is 1.27. The molecule has 0 radical (unpaired) electrons. The molecule has 4 aromatic rings. The van der Waals surface area contributed by atoms with Gasteiger partial charge in [-0.25, -0.2) is 9.97 Å². The van der Waals surface area contributed by atoms with E-state index in [1.165, 1.54) is 10.8 Å². The van der Waals surface area contributed by atoms with Gasteiger partial charge >= 0.3 is 0 Å². The van der Waals surface area contributed by atoms with Gasteiger partial charge in [-0.15, -0.1) is 0 Å². The molecule has 11 nitrogen and oxygen atoms in total. The van der Waals surface area contributed by atoms with Crippen LogP contribution in [0.25, 0.3) is 11.5 Å². The van der Waals surface area contributed by atoms with Crippen LogP contribution in [0.2, 0.25) is 0 Å². The third-order valence-electron chi connectivity index (χ3n) is 6.13. The van der Waals surface area contributed by atoms with Crippen molar-refractivity contribution in [3.8, 4) is 5.82 Å². The van der Waals surface area contributed by atoms with Crippen molar-refractivity contribution in [2.45, 2.75) is 31.4 Å². The summed E-state index contributed by atoms with van der Waals surface area (Å²) < 4.78 is 8.42. The fourth-order valence-corrected chi connectivity index (χ4v) is 4.32. The molecule has 0 bridgehead atoms. The van der Waals surface area contributed by atoms with Crippen molar-refractivity contribution in [3.05, 3.63) is 70.9 Å². The average Bonchev–Trinajstić information content (AvgIpc) is 3.52. The Balaban J connectivity index is 1.46. The van der Waals surface area contributed by atoms with E-state index >= 15 is 0 Å². The molecule has 4 heterocycles. The minimum atomic E-state index is -0.278. The third kappa shape index (κ3) is 4.45. The molecule has 5 rings (SSSR count). The highest BCUT2D eigenvalue weighted by molar-refractivity contribution is 6.00. The number of hydrogen-bond donors (Lipinski definition) is 3. The van der Waals surface area contributed by atoms with Crippen LogP contribution in [0.5, 0.6) is 0 Å². The number of nitrogens with zero attached hydrogens (tertiary/aromatic N) is 5. The second-order valence-electron chi connectivity index (χ2n) is 8.32. The number of amides is 1. The van der Waals surface area contributed by atoms with Gasteiger partial charge in [0.1, 0.15) is 28.7 Å². The molecular formula is C24H26N8O3. The lowest BCUT2D eigenvalue weighted by molar-refractivity contribution is 0.0916. The number of anilines is 3. The number of aromatic nitrogens is 5. The monoisotopic (exact) mass is 474 g/mol. The second kappa shape index (κ2) is 9.55. The number of fused-ring (bicyclic) bond motifs is 1. The van der Waals surface area contributed by atoms with Crippen LogP contribution >= 0.6 is 0 Å². The Hall–Kier alpha value is -4.25. The first kappa shape index (κ1) is 22.5. The Labute approximate surface area is 201 Å². The summed E-state index contributed by atoms with van der Waals surface area (Å²) in [6.45, 7) is 0. The van der Waals surface area contributed by atoms with Crippen molar-refractivity contribution in [3.63, 3.8) is 0 Å². The number of nitrogens with one attached hydrogen (secondary N) is 3. The third-order valence-corrected chi connectivity index (χ3v) is 6.13. The first-order chi connectivity index (χ1) is 17.1. The maximum absolute atomic E-state index is 13.1. The van der Waals surface area contributed by atoms with Crippen LogP contribution in [-0.2, 0) is 4.74 Å². The van der Waals surface area contributed by atoms with E-state index in [0.29, 0.717) is 34.4 Å². The van der Waals surface area contributed by atoms with Crippen molar-refractivity contribution >= 4 is 28.9 Å². The van der Waals surface area contributed by atoms with Gasteiger partial charge in [0.05, 0.1) is 12.3 Å². The van der Waals surface area contributed by atoms with E-state index in [1.54, 1.807) is 61.4 Å². The van der Waals surface area contributed by atoms with Crippen molar-refractivity contribution in [2.75, 3.05) is 24.8 Å². The number of carbonyl (C=O) groups is 1. The Bertz CT molecular complexity index is 1420. The van der Waals surface area contributed by atoms with Gasteiger partial charge in [0.2, 0.25) is 0 Å². The molecule has 0 aromatic carbocycles. The molecule has 180 valence electrons. The fourth-order valence-electron chi connectivity index (χ4n) is 4.32. The van der Waals surface area contributed by atoms with Crippen LogP contribution in [0, 0.1) is 0 Å². The van der Waals surface area contributed by atoms with Crippen LogP contribution in [0.3, 0.4) is 0 Å². The maximum Gasteiger partial charge on any atom is 0.279 e. The number of rotatable bonds is 7. The average molecular weight is 475 g/mol. The Morgan fingerprint density at radius 2 is 2.09 bits per heavy atom. The smallest absolute Gasteiger partial charge is 0.279 e. The van der Waals surface area contributed by atoms with Gasteiger partial charge in [-0.05, 0) is 43.5 Å². The van der Waals surface area contributed by atoms with E-state index in [1.807, 2.05) is 6.07 Å². The molecule has 1 saturated carbocycles. The van der Waals surface area contributed by atoms with Gasteiger partial charge in [0.15, 0.2) is 5.65 Å². The minimum absolute atomic E-state index is 0.0434. The number of methoxy groups -OCH3 is 1. The molecule has 1 aliphatic carbocycles. The van der Waals surface area contributed by atoms with Crippen molar-refractivity contribution in [1.29, 1.82) is 0 Å². The van der Waals surface area contributed by atoms with Crippen molar-refractivity contribution in [1.82, 2.24) is 29.5 Å². The molecule has 0 aliphatic heterocycles. The zero-order chi connectivity index (χ0) is 24.4. The van der Waals surface area contributed by atoms with E-state index < -0.39 is 0 Å². The topological polar surface area (TPSA) is 127 Å². The van der Waals surface area contributed by atoms with Crippen LogP contribution in [0.4, 0.5) is 17.3 Å². The van der Waals surface area contributed by atoms with Crippen molar-refractivity contribution < 1.29 is 9.53 Å². The van der Waals surface area contributed by atoms with E-state index in [-0.39, 0.29) is 23.6 Å². The van der Waals surface area contributed by atoms with Gasteiger partial charge in [0, 0.05) is 38.7 Å². The minimum Gasteiger partial charge on any atom is -0.381 e. The molecule has 0 unspecified atom stereocenters.